The van der Waals surface area contributed by atoms with E-state index in [2.05, 4.69) is 95.4 Å². The van der Waals surface area contributed by atoms with Gasteiger partial charge in [0.1, 0.15) is 0 Å². The van der Waals surface area contributed by atoms with Gasteiger partial charge in [-0.15, -0.1) is 0 Å². The van der Waals surface area contributed by atoms with Crippen LogP contribution < -0.4 is 0 Å². The first-order valence-electron chi connectivity index (χ1n) is 10.7. The largest absolute Gasteiger partial charge is 0.0991 e. The molecule has 2 atom stereocenters. The molecule has 0 aliphatic heterocycles. The Morgan fingerprint density at radius 2 is 1.93 bits per heavy atom. The summed E-state index contributed by atoms with van der Waals surface area (Å²) in [6.07, 6.45) is 31.7. The predicted molar refractivity (Wildman–Crippen MR) is 133 cm³/mol. The summed E-state index contributed by atoms with van der Waals surface area (Å²) < 4.78 is 1.22. The Hall–Kier alpha value is -2.64. The third-order valence-electron chi connectivity index (χ3n) is 6.45. The number of halogens is 1. The van der Waals surface area contributed by atoms with E-state index in [1.54, 1.807) is 0 Å². The van der Waals surface area contributed by atoms with Gasteiger partial charge in [0.05, 0.1) is 0 Å². The molecule has 1 heteroatoms. The second kappa shape index (κ2) is 8.24. The van der Waals surface area contributed by atoms with Crippen molar-refractivity contribution in [1.29, 1.82) is 0 Å². The van der Waals surface area contributed by atoms with Gasteiger partial charge in [-0.1, -0.05) is 108 Å². The third kappa shape index (κ3) is 3.22. The Balaban J connectivity index is 1.67. The van der Waals surface area contributed by atoms with Gasteiger partial charge in [-0.3, -0.25) is 0 Å². The number of hydrogen-bond acceptors (Lipinski definition) is 0. The summed E-state index contributed by atoms with van der Waals surface area (Å²) in [5.74, 6) is 0.840. The molecule has 0 spiro atoms. The Morgan fingerprint density at radius 3 is 2.77 bits per heavy atom. The number of rotatable bonds is 5. The zero-order chi connectivity index (χ0) is 20.5. The van der Waals surface area contributed by atoms with Crippen molar-refractivity contribution < 1.29 is 0 Å². The van der Waals surface area contributed by atoms with Gasteiger partial charge in [0.15, 0.2) is 0 Å². The van der Waals surface area contributed by atoms with Crippen LogP contribution in [0.1, 0.15) is 41.0 Å². The van der Waals surface area contributed by atoms with E-state index in [0.29, 0.717) is 11.8 Å². The van der Waals surface area contributed by atoms with Gasteiger partial charge in [-0.25, -0.2) is 0 Å². The highest BCUT2D eigenvalue weighted by Gasteiger charge is 2.42. The Labute approximate surface area is 187 Å². The van der Waals surface area contributed by atoms with Crippen molar-refractivity contribution in [2.45, 2.75) is 25.2 Å². The molecule has 0 bridgehead atoms. The minimum atomic E-state index is 0.416. The molecule has 2 unspecified atom stereocenters. The lowest BCUT2D eigenvalue weighted by Gasteiger charge is -2.27. The van der Waals surface area contributed by atoms with Gasteiger partial charge in [-0.2, -0.15) is 0 Å². The molecule has 0 fully saturated rings. The van der Waals surface area contributed by atoms with Crippen LogP contribution in [0.25, 0.3) is 11.1 Å². The number of allylic oxidation sites excluding steroid dienone is 17. The lowest BCUT2D eigenvalue weighted by Crippen LogP contribution is -2.14. The quantitative estimate of drug-likeness (QED) is 0.395. The van der Waals surface area contributed by atoms with Gasteiger partial charge in [-0.05, 0) is 64.3 Å². The van der Waals surface area contributed by atoms with Crippen LogP contribution in [-0.4, -0.2) is 0 Å². The number of fused-ring (bicyclic) bond motifs is 3. The molecule has 0 saturated heterocycles. The molecule has 4 aliphatic rings. The second-order valence-electron chi connectivity index (χ2n) is 8.12. The van der Waals surface area contributed by atoms with Crippen molar-refractivity contribution in [3.05, 3.63) is 130 Å². The van der Waals surface area contributed by atoms with Crippen LogP contribution in [-0.2, 0) is 6.42 Å². The van der Waals surface area contributed by atoms with Crippen molar-refractivity contribution >= 4 is 27.1 Å². The minimum Gasteiger partial charge on any atom is -0.0991 e. The molecule has 0 saturated carbocycles. The SMILES string of the molecule is C=C/C=C\C=C/Cc1ccc(C2=CC=CCC2)c2c1C1=CC=C(Br)C3=CC=CC2C31. The average Bonchev–Trinajstić information content (AvgIpc) is 3.13. The lowest BCUT2D eigenvalue weighted by molar-refractivity contribution is 0.718. The molecule has 0 N–H and O–H groups in total. The van der Waals surface area contributed by atoms with Crippen molar-refractivity contribution in [3.63, 3.8) is 0 Å². The van der Waals surface area contributed by atoms with Gasteiger partial charge < -0.3 is 0 Å². The maximum absolute atomic E-state index is 3.80. The average molecular weight is 453 g/mol. The fraction of sp³-hybridized carbons (Fsp3) is 0.172. The molecule has 0 aromatic heterocycles. The Morgan fingerprint density at radius 1 is 1.00 bits per heavy atom. The second-order valence-corrected chi connectivity index (χ2v) is 8.97. The van der Waals surface area contributed by atoms with E-state index in [9.17, 15) is 0 Å². The molecular formula is C29H25Br. The molecule has 0 radical (unpaired) electrons. The fourth-order valence-electron chi connectivity index (χ4n) is 5.19. The monoisotopic (exact) mass is 452 g/mol. The number of hydrogen-bond donors (Lipinski definition) is 0. The molecule has 148 valence electrons. The van der Waals surface area contributed by atoms with Crippen molar-refractivity contribution in [2.24, 2.45) is 5.92 Å². The molecule has 1 aromatic carbocycles. The van der Waals surface area contributed by atoms with E-state index in [1.165, 1.54) is 43.5 Å². The van der Waals surface area contributed by atoms with E-state index in [1.807, 2.05) is 18.2 Å². The van der Waals surface area contributed by atoms with Crippen LogP contribution in [0.15, 0.2) is 108 Å². The highest BCUT2D eigenvalue weighted by atomic mass is 79.9. The van der Waals surface area contributed by atoms with Gasteiger partial charge >= 0.3 is 0 Å². The van der Waals surface area contributed by atoms with E-state index in [0.717, 1.165) is 19.3 Å². The molecule has 30 heavy (non-hydrogen) atoms. The molecule has 0 nitrogen and oxygen atoms in total. The first kappa shape index (κ1) is 19.3. The smallest absolute Gasteiger partial charge is 0.0213 e. The molecule has 5 rings (SSSR count). The Bertz CT molecular complexity index is 1140. The van der Waals surface area contributed by atoms with Gasteiger partial charge in [0, 0.05) is 16.3 Å². The summed E-state index contributed by atoms with van der Waals surface area (Å²) in [6.45, 7) is 3.74. The third-order valence-corrected chi connectivity index (χ3v) is 7.18. The first-order valence-corrected chi connectivity index (χ1v) is 11.5. The molecule has 0 heterocycles. The first-order chi connectivity index (χ1) is 14.8. The van der Waals surface area contributed by atoms with Crippen LogP contribution in [0.4, 0.5) is 0 Å². The predicted octanol–water partition coefficient (Wildman–Crippen LogP) is 8.15. The summed E-state index contributed by atoms with van der Waals surface area (Å²) in [7, 11) is 0. The van der Waals surface area contributed by atoms with Crippen LogP contribution in [0.5, 0.6) is 0 Å². The van der Waals surface area contributed by atoms with Gasteiger partial charge in [0.2, 0.25) is 0 Å². The van der Waals surface area contributed by atoms with Gasteiger partial charge in [0.25, 0.3) is 0 Å². The van der Waals surface area contributed by atoms with Crippen LogP contribution in [0, 0.1) is 5.92 Å². The minimum absolute atomic E-state index is 0.416. The van der Waals surface area contributed by atoms with Crippen LogP contribution in [0.2, 0.25) is 0 Å². The van der Waals surface area contributed by atoms with E-state index in [4.69, 9.17) is 0 Å². The highest BCUT2D eigenvalue weighted by molar-refractivity contribution is 9.12. The van der Waals surface area contributed by atoms with Crippen molar-refractivity contribution in [1.82, 2.24) is 0 Å². The maximum atomic E-state index is 3.80. The summed E-state index contributed by atoms with van der Waals surface area (Å²) in [6, 6.07) is 4.73. The zero-order valence-corrected chi connectivity index (χ0v) is 18.6. The standard InChI is InChI=1S/C29H25Br/c1-2-3-4-5-7-13-21-16-17-22(20-11-8-6-9-12-20)29-24-15-10-14-23-26(30)19-18-25(27(21)29)28(23)24/h2-8,10-11,14-19,24,28H,1,9,12-13H2/b4-3-,7-5-. The van der Waals surface area contributed by atoms with E-state index >= 15 is 0 Å². The van der Waals surface area contributed by atoms with Crippen LogP contribution >= 0.6 is 15.9 Å². The Kier molecular flexibility index (Phi) is 5.31. The highest BCUT2D eigenvalue weighted by Crippen LogP contribution is 2.58. The molecule has 1 aromatic rings. The van der Waals surface area contributed by atoms with Crippen LogP contribution in [0.3, 0.4) is 0 Å². The lowest BCUT2D eigenvalue weighted by atomic mass is 9.77. The summed E-state index contributed by atoms with van der Waals surface area (Å²) in [5.41, 5.74) is 10.2. The van der Waals surface area contributed by atoms with E-state index in [-0.39, 0.29) is 0 Å². The topological polar surface area (TPSA) is 0 Å². The molecular weight excluding hydrogens is 428 g/mol. The number of benzene rings is 1. The van der Waals surface area contributed by atoms with E-state index < -0.39 is 0 Å². The summed E-state index contributed by atoms with van der Waals surface area (Å²) in [5, 5.41) is 0. The normalized spacial score (nSPS) is 23.8. The summed E-state index contributed by atoms with van der Waals surface area (Å²) >= 11 is 3.80. The maximum Gasteiger partial charge on any atom is 0.0213 e. The summed E-state index contributed by atoms with van der Waals surface area (Å²) in [4.78, 5) is 0. The fourth-order valence-corrected chi connectivity index (χ4v) is 5.70. The zero-order valence-electron chi connectivity index (χ0n) is 17.0. The molecule has 4 aliphatic carbocycles. The van der Waals surface area contributed by atoms with Crippen molar-refractivity contribution in [2.75, 3.05) is 0 Å². The van der Waals surface area contributed by atoms with Crippen molar-refractivity contribution in [3.8, 4) is 0 Å². The molecule has 0 amide bonds.